The Hall–Kier alpha value is -2.38. The molecule has 1 saturated carbocycles. The van der Waals surface area contributed by atoms with E-state index in [9.17, 15) is 18.3 Å². The fourth-order valence-corrected chi connectivity index (χ4v) is 5.66. The molecule has 2 aromatic carbocycles. The van der Waals surface area contributed by atoms with E-state index >= 15 is 0 Å². The molecule has 0 saturated heterocycles. The van der Waals surface area contributed by atoms with E-state index in [1.165, 1.54) is 9.21 Å². The summed E-state index contributed by atoms with van der Waals surface area (Å²) in [5.41, 5.74) is 3.24. The van der Waals surface area contributed by atoms with Crippen molar-refractivity contribution in [3.63, 3.8) is 0 Å². The minimum absolute atomic E-state index is 0.145. The Morgan fingerprint density at radius 3 is 2.23 bits per heavy atom. The first-order chi connectivity index (χ1) is 14.6. The number of anilines is 1. The van der Waals surface area contributed by atoms with E-state index in [2.05, 4.69) is 0 Å². The van der Waals surface area contributed by atoms with E-state index in [4.69, 9.17) is 0 Å². The Morgan fingerprint density at radius 2 is 1.61 bits per heavy atom. The van der Waals surface area contributed by atoms with Gasteiger partial charge in [0, 0.05) is 7.05 Å². The quantitative estimate of drug-likeness (QED) is 0.739. The fourth-order valence-electron chi connectivity index (χ4n) is 4.19. The Morgan fingerprint density at radius 1 is 1.00 bits per heavy atom. The fraction of sp³-hybridized carbons (Fsp3) is 0.458. The number of amides is 1. The highest BCUT2D eigenvalue weighted by atomic mass is 32.2. The van der Waals surface area contributed by atoms with Crippen LogP contribution in [0.1, 0.15) is 42.4 Å². The minimum Gasteiger partial charge on any atom is -0.391 e. The van der Waals surface area contributed by atoms with Crippen LogP contribution in [0.3, 0.4) is 0 Å². The van der Waals surface area contributed by atoms with Crippen molar-refractivity contribution >= 4 is 21.6 Å². The standard InChI is InChI=1S/C24H32N2O4S/c1-17-9-12-20(13-10-17)31(29,30)26(21-14-11-18(2)15-19(21)3)16-24(28)25(4)22-7-5-6-8-23(22)27/h9-15,22-23,27H,5-8,16H2,1-4H3. The molecule has 2 unspecified atom stereocenters. The molecule has 3 rings (SSSR count). The van der Waals surface area contributed by atoms with Crippen LogP contribution in [0, 0.1) is 20.8 Å². The van der Waals surface area contributed by atoms with E-state index in [1.54, 1.807) is 37.4 Å². The molecule has 0 aliphatic heterocycles. The number of rotatable bonds is 6. The molecule has 2 atom stereocenters. The summed E-state index contributed by atoms with van der Waals surface area (Å²) < 4.78 is 28.4. The molecule has 31 heavy (non-hydrogen) atoms. The molecule has 0 spiro atoms. The molecule has 1 N–H and O–H groups in total. The number of hydrogen-bond acceptors (Lipinski definition) is 4. The van der Waals surface area contributed by atoms with Gasteiger partial charge in [0.15, 0.2) is 0 Å². The Kier molecular flexibility index (Phi) is 7.06. The number of benzene rings is 2. The summed E-state index contributed by atoms with van der Waals surface area (Å²) in [4.78, 5) is 14.9. The third-order valence-electron chi connectivity index (χ3n) is 6.09. The first-order valence-electron chi connectivity index (χ1n) is 10.7. The highest BCUT2D eigenvalue weighted by Gasteiger charge is 2.33. The second-order valence-electron chi connectivity index (χ2n) is 8.54. The van der Waals surface area contributed by atoms with Gasteiger partial charge in [-0.05, 0) is 57.4 Å². The second kappa shape index (κ2) is 9.40. The SMILES string of the molecule is Cc1ccc(S(=O)(=O)N(CC(=O)N(C)C2CCCCC2O)c2ccc(C)cc2C)cc1. The highest BCUT2D eigenvalue weighted by molar-refractivity contribution is 7.92. The summed E-state index contributed by atoms with van der Waals surface area (Å²) in [6.07, 6.45) is 2.69. The van der Waals surface area contributed by atoms with Gasteiger partial charge in [0.2, 0.25) is 5.91 Å². The van der Waals surface area contributed by atoms with Crippen LogP contribution in [-0.2, 0) is 14.8 Å². The summed E-state index contributed by atoms with van der Waals surface area (Å²) in [6, 6.07) is 11.9. The zero-order valence-corrected chi connectivity index (χ0v) is 19.5. The van der Waals surface area contributed by atoms with Crippen molar-refractivity contribution < 1.29 is 18.3 Å². The van der Waals surface area contributed by atoms with Gasteiger partial charge < -0.3 is 10.0 Å². The van der Waals surface area contributed by atoms with Gasteiger partial charge in [-0.1, -0.05) is 48.2 Å². The predicted octanol–water partition coefficient (Wildman–Crippen LogP) is 3.57. The molecule has 1 fully saturated rings. The first-order valence-corrected chi connectivity index (χ1v) is 12.2. The van der Waals surface area contributed by atoms with Crippen LogP contribution < -0.4 is 4.31 Å². The Bertz CT molecular complexity index is 1030. The molecule has 2 aromatic rings. The molecule has 0 bridgehead atoms. The van der Waals surface area contributed by atoms with Gasteiger partial charge in [0.05, 0.1) is 22.7 Å². The van der Waals surface area contributed by atoms with Crippen molar-refractivity contribution in [2.75, 3.05) is 17.9 Å². The lowest BCUT2D eigenvalue weighted by Gasteiger charge is -2.36. The molecule has 168 valence electrons. The van der Waals surface area contributed by atoms with E-state index in [1.807, 2.05) is 32.9 Å². The molecular formula is C24H32N2O4S. The summed E-state index contributed by atoms with van der Waals surface area (Å²) in [5, 5.41) is 10.4. The number of sulfonamides is 1. The van der Waals surface area contributed by atoms with Gasteiger partial charge in [-0.15, -0.1) is 0 Å². The van der Waals surface area contributed by atoms with Gasteiger partial charge in [-0.2, -0.15) is 0 Å². The van der Waals surface area contributed by atoms with Crippen molar-refractivity contribution in [3.8, 4) is 0 Å². The largest absolute Gasteiger partial charge is 0.391 e. The molecule has 1 aliphatic carbocycles. The maximum absolute atomic E-state index is 13.6. The maximum Gasteiger partial charge on any atom is 0.264 e. The van der Waals surface area contributed by atoms with Gasteiger partial charge in [0.25, 0.3) is 10.0 Å². The number of aryl methyl sites for hydroxylation is 3. The third kappa shape index (κ3) is 5.10. The van der Waals surface area contributed by atoms with Crippen LogP contribution >= 0.6 is 0 Å². The van der Waals surface area contributed by atoms with Crippen molar-refractivity contribution in [2.45, 2.75) is 63.5 Å². The van der Waals surface area contributed by atoms with Crippen LogP contribution in [-0.4, -0.2) is 50.1 Å². The van der Waals surface area contributed by atoms with Gasteiger partial charge >= 0.3 is 0 Å². The number of nitrogens with zero attached hydrogens (tertiary/aromatic N) is 2. The number of carbonyl (C=O) groups excluding carboxylic acids is 1. The van der Waals surface area contributed by atoms with E-state index in [0.717, 1.165) is 36.0 Å². The summed E-state index contributed by atoms with van der Waals surface area (Å²) in [5.74, 6) is -0.332. The molecule has 6 nitrogen and oxygen atoms in total. The number of aliphatic hydroxyl groups excluding tert-OH is 1. The van der Waals surface area contributed by atoms with Crippen LogP contribution in [0.5, 0.6) is 0 Å². The smallest absolute Gasteiger partial charge is 0.264 e. The average molecular weight is 445 g/mol. The van der Waals surface area contributed by atoms with Crippen molar-refractivity contribution in [1.82, 2.24) is 4.90 Å². The topological polar surface area (TPSA) is 77.9 Å². The van der Waals surface area contributed by atoms with Gasteiger partial charge in [0.1, 0.15) is 6.54 Å². The number of aliphatic hydroxyl groups is 1. The molecule has 0 radical (unpaired) electrons. The Balaban J connectivity index is 1.98. The maximum atomic E-state index is 13.6. The van der Waals surface area contributed by atoms with E-state index < -0.39 is 16.1 Å². The third-order valence-corrected chi connectivity index (χ3v) is 7.87. The van der Waals surface area contributed by atoms with Gasteiger partial charge in [-0.25, -0.2) is 8.42 Å². The summed E-state index contributed by atoms with van der Waals surface area (Å²) in [7, 11) is -2.30. The molecule has 0 heterocycles. The molecule has 1 aliphatic rings. The monoisotopic (exact) mass is 444 g/mol. The molecule has 1 amide bonds. The predicted molar refractivity (Wildman–Crippen MR) is 123 cm³/mol. The van der Waals surface area contributed by atoms with Crippen LogP contribution in [0.4, 0.5) is 5.69 Å². The van der Waals surface area contributed by atoms with Crippen LogP contribution in [0.15, 0.2) is 47.4 Å². The van der Waals surface area contributed by atoms with E-state index in [-0.39, 0.29) is 23.4 Å². The van der Waals surface area contributed by atoms with Crippen LogP contribution in [0.2, 0.25) is 0 Å². The molecule has 0 aromatic heterocycles. The lowest BCUT2D eigenvalue weighted by atomic mass is 9.91. The van der Waals surface area contributed by atoms with Crippen molar-refractivity contribution in [2.24, 2.45) is 0 Å². The molecule has 7 heteroatoms. The minimum atomic E-state index is -3.96. The zero-order valence-electron chi connectivity index (χ0n) is 18.7. The summed E-state index contributed by atoms with van der Waals surface area (Å²) in [6.45, 7) is 5.37. The second-order valence-corrected chi connectivity index (χ2v) is 10.4. The molecular weight excluding hydrogens is 412 g/mol. The van der Waals surface area contributed by atoms with Crippen molar-refractivity contribution in [3.05, 3.63) is 59.2 Å². The number of likely N-dealkylation sites (N-methyl/N-ethyl adjacent to an activating group) is 1. The van der Waals surface area contributed by atoms with E-state index in [0.29, 0.717) is 12.1 Å². The zero-order chi connectivity index (χ0) is 22.8. The average Bonchev–Trinajstić information content (AvgIpc) is 2.72. The normalized spacial score (nSPS) is 19.1. The number of carbonyl (C=O) groups is 1. The first kappa shape index (κ1) is 23.3. The van der Waals surface area contributed by atoms with Gasteiger partial charge in [-0.3, -0.25) is 9.10 Å². The van der Waals surface area contributed by atoms with Crippen molar-refractivity contribution in [1.29, 1.82) is 0 Å². The Labute approximate surface area is 185 Å². The van der Waals surface area contributed by atoms with Crippen LogP contribution in [0.25, 0.3) is 0 Å². The lowest BCUT2D eigenvalue weighted by Crippen LogP contribution is -2.50. The number of hydrogen-bond donors (Lipinski definition) is 1. The lowest BCUT2D eigenvalue weighted by molar-refractivity contribution is -0.133. The summed E-state index contributed by atoms with van der Waals surface area (Å²) >= 11 is 0. The highest BCUT2D eigenvalue weighted by Crippen LogP contribution is 2.29.